The molecule has 0 spiro atoms. The summed E-state index contributed by atoms with van der Waals surface area (Å²) in [5.41, 5.74) is 0. The van der Waals surface area contributed by atoms with E-state index in [0.717, 1.165) is 17.8 Å². The van der Waals surface area contributed by atoms with Crippen molar-refractivity contribution < 1.29 is 0 Å². The van der Waals surface area contributed by atoms with E-state index in [4.69, 9.17) is 0 Å². The Labute approximate surface area is 90.8 Å². The fourth-order valence-corrected chi connectivity index (χ4v) is 1.87. The van der Waals surface area contributed by atoms with Crippen LogP contribution in [0.2, 0.25) is 0 Å². The highest BCUT2D eigenvalue weighted by atomic mass is 14.2. The van der Waals surface area contributed by atoms with Crippen LogP contribution in [0, 0.1) is 17.8 Å². The molecule has 0 heteroatoms. The van der Waals surface area contributed by atoms with Gasteiger partial charge in [0.2, 0.25) is 0 Å². The minimum atomic E-state index is 0.768. The summed E-state index contributed by atoms with van der Waals surface area (Å²) < 4.78 is 0. The van der Waals surface area contributed by atoms with Crippen molar-refractivity contribution in [2.24, 2.45) is 17.8 Å². The van der Waals surface area contributed by atoms with Crippen LogP contribution >= 0.6 is 0 Å². The second kappa shape index (κ2) is 8.08. The molecule has 0 bridgehead atoms. The first-order chi connectivity index (χ1) is 6.61. The van der Waals surface area contributed by atoms with E-state index < -0.39 is 0 Å². The standard InChI is InChI=1S/C14H28/c1-6-9-12(3)10-8-11-14(5)13(4)7-2/h6,9,12-14H,7-8,10-11H2,1-5H3/b9-6-. The highest BCUT2D eigenvalue weighted by Gasteiger charge is 2.09. The third kappa shape index (κ3) is 6.23. The monoisotopic (exact) mass is 196 g/mol. The van der Waals surface area contributed by atoms with Crippen molar-refractivity contribution in [2.45, 2.75) is 60.3 Å². The lowest BCUT2D eigenvalue weighted by atomic mass is 9.88. The van der Waals surface area contributed by atoms with Gasteiger partial charge in [-0.05, 0) is 31.1 Å². The lowest BCUT2D eigenvalue weighted by Crippen LogP contribution is -2.07. The smallest absolute Gasteiger partial charge is 0.0262 e. The molecule has 0 aliphatic heterocycles. The molecule has 0 aromatic heterocycles. The van der Waals surface area contributed by atoms with Crippen LogP contribution in [0.15, 0.2) is 12.2 Å². The third-order valence-electron chi connectivity index (χ3n) is 3.46. The summed E-state index contributed by atoms with van der Waals surface area (Å²) in [6.45, 7) is 11.5. The Bertz CT molecular complexity index is 146. The molecule has 0 heterocycles. The fraction of sp³-hybridized carbons (Fsp3) is 0.857. The SMILES string of the molecule is C/C=C\C(C)CCCC(C)C(C)CC. The summed E-state index contributed by atoms with van der Waals surface area (Å²) in [7, 11) is 0. The van der Waals surface area contributed by atoms with Crippen molar-refractivity contribution in [1.29, 1.82) is 0 Å². The summed E-state index contributed by atoms with van der Waals surface area (Å²) >= 11 is 0. The highest BCUT2D eigenvalue weighted by Crippen LogP contribution is 2.21. The van der Waals surface area contributed by atoms with Crippen LogP contribution in [0.1, 0.15) is 60.3 Å². The topological polar surface area (TPSA) is 0 Å². The van der Waals surface area contributed by atoms with Gasteiger partial charge in [-0.1, -0.05) is 59.1 Å². The van der Waals surface area contributed by atoms with Gasteiger partial charge in [-0.25, -0.2) is 0 Å². The van der Waals surface area contributed by atoms with Crippen LogP contribution in [-0.2, 0) is 0 Å². The molecular formula is C14H28. The lowest BCUT2D eigenvalue weighted by molar-refractivity contribution is 0.339. The fourth-order valence-electron chi connectivity index (χ4n) is 1.87. The minimum absolute atomic E-state index is 0.768. The zero-order valence-electron chi connectivity index (χ0n) is 10.7. The van der Waals surface area contributed by atoms with Gasteiger partial charge in [0.05, 0.1) is 0 Å². The molecule has 14 heavy (non-hydrogen) atoms. The van der Waals surface area contributed by atoms with E-state index in [-0.39, 0.29) is 0 Å². The zero-order chi connectivity index (χ0) is 11.0. The molecule has 0 aromatic rings. The van der Waals surface area contributed by atoms with Crippen molar-refractivity contribution in [2.75, 3.05) is 0 Å². The molecule has 0 saturated heterocycles. The van der Waals surface area contributed by atoms with Crippen LogP contribution in [0.4, 0.5) is 0 Å². The molecular weight excluding hydrogens is 168 g/mol. The Morgan fingerprint density at radius 3 is 2.14 bits per heavy atom. The molecule has 3 unspecified atom stereocenters. The van der Waals surface area contributed by atoms with Crippen LogP contribution in [0.5, 0.6) is 0 Å². The normalized spacial score (nSPS) is 18.4. The number of rotatable bonds is 7. The second-order valence-electron chi connectivity index (χ2n) is 4.80. The molecule has 0 rings (SSSR count). The predicted octanol–water partition coefficient (Wildman–Crippen LogP) is 5.05. The Kier molecular flexibility index (Phi) is 7.93. The number of hydrogen-bond donors (Lipinski definition) is 0. The first kappa shape index (κ1) is 13.7. The molecule has 0 saturated carbocycles. The van der Waals surface area contributed by atoms with Crippen molar-refractivity contribution in [3.05, 3.63) is 12.2 Å². The van der Waals surface area contributed by atoms with Crippen molar-refractivity contribution in [3.8, 4) is 0 Å². The van der Waals surface area contributed by atoms with Gasteiger partial charge in [0.15, 0.2) is 0 Å². The average Bonchev–Trinajstić information content (AvgIpc) is 2.16. The Hall–Kier alpha value is -0.260. The van der Waals surface area contributed by atoms with E-state index in [1.807, 2.05) is 0 Å². The van der Waals surface area contributed by atoms with Crippen LogP contribution in [0.25, 0.3) is 0 Å². The molecule has 84 valence electrons. The van der Waals surface area contributed by atoms with Crippen molar-refractivity contribution in [3.63, 3.8) is 0 Å². The summed E-state index contributed by atoms with van der Waals surface area (Å²) in [5.74, 6) is 2.56. The predicted molar refractivity (Wildman–Crippen MR) is 66.4 cm³/mol. The number of allylic oxidation sites excluding steroid dienone is 2. The summed E-state index contributed by atoms with van der Waals surface area (Å²) in [6, 6.07) is 0. The molecule has 0 aliphatic carbocycles. The molecule has 0 aromatic carbocycles. The first-order valence-electron chi connectivity index (χ1n) is 6.24. The third-order valence-corrected chi connectivity index (χ3v) is 3.46. The Balaban J connectivity index is 3.53. The lowest BCUT2D eigenvalue weighted by Gasteiger charge is -2.18. The van der Waals surface area contributed by atoms with Gasteiger partial charge in [-0.2, -0.15) is 0 Å². The Morgan fingerprint density at radius 1 is 1.00 bits per heavy atom. The van der Waals surface area contributed by atoms with Gasteiger partial charge < -0.3 is 0 Å². The Morgan fingerprint density at radius 2 is 1.64 bits per heavy atom. The van der Waals surface area contributed by atoms with E-state index in [0.29, 0.717) is 0 Å². The molecule has 0 nitrogen and oxygen atoms in total. The number of hydrogen-bond acceptors (Lipinski definition) is 0. The highest BCUT2D eigenvalue weighted by molar-refractivity contribution is 4.82. The van der Waals surface area contributed by atoms with Crippen LogP contribution in [-0.4, -0.2) is 0 Å². The van der Waals surface area contributed by atoms with Gasteiger partial charge >= 0.3 is 0 Å². The summed E-state index contributed by atoms with van der Waals surface area (Å²) in [5, 5.41) is 0. The average molecular weight is 196 g/mol. The second-order valence-corrected chi connectivity index (χ2v) is 4.80. The summed E-state index contributed by atoms with van der Waals surface area (Å²) in [4.78, 5) is 0. The van der Waals surface area contributed by atoms with Crippen molar-refractivity contribution >= 4 is 0 Å². The van der Waals surface area contributed by atoms with E-state index in [9.17, 15) is 0 Å². The molecule has 0 aliphatic rings. The maximum Gasteiger partial charge on any atom is -0.0262 e. The molecule has 0 fully saturated rings. The van der Waals surface area contributed by atoms with E-state index >= 15 is 0 Å². The van der Waals surface area contributed by atoms with E-state index in [1.54, 1.807) is 0 Å². The summed E-state index contributed by atoms with van der Waals surface area (Å²) in [6.07, 6.45) is 9.95. The molecule has 3 atom stereocenters. The van der Waals surface area contributed by atoms with E-state index in [1.165, 1.54) is 25.7 Å². The maximum atomic E-state index is 2.40. The maximum absolute atomic E-state index is 2.40. The zero-order valence-corrected chi connectivity index (χ0v) is 10.7. The van der Waals surface area contributed by atoms with Gasteiger partial charge in [-0.15, -0.1) is 0 Å². The van der Waals surface area contributed by atoms with Gasteiger partial charge in [-0.3, -0.25) is 0 Å². The van der Waals surface area contributed by atoms with Gasteiger partial charge in [0, 0.05) is 0 Å². The quantitative estimate of drug-likeness (QED) is 0.500. The first-order valence-corrected chi connectivity index (χ1v) is 6.24. The van der Waals surface area contributed by atoms with Crippen molar-refractivity contribution in [1.82, 2.24) is 0 Å². The van der Waals surface area contributed by atoms with Gasteiger partial charge in [0.25, 0.3) is 0 Å². The molecule has 0 N–H and O–H groups in total. The van der Waals surface area contributed by atoms with E-state index in [2.05, 4.69) is 46.8 Å². The molecule has 0 radical (unpaired) electrons. The molecule has 0 amide bonds. The minimum Gasteiger partial charge on any atom is -0.0914 e. The van der Waals surface area contributed by atoms with Gasteiger partial charge in [0.1, 0.15) is 0 Å². The van der Waals surface area contributed by atoms with Crippen LogP contribution < -0.4 is 0 Å². The van der Waals surface area contributed by atoms with Crippen LogP contribution in [0.3, 0.4) is 0 Å². The largest absolute Gasteiger partial charge is 0.0914 e.